The molecule has 10 heteroatoms. The van der Waals surface area contributed by atoms with Gasteiger partial charge in [-0.05, 0) is 93.4 Å². The van der Waals surface area contributed by atoms with Gasteiger partial charge in [0.15, 0.2) is 5.82 Å². The normalized spacial score (nSPS) is 24.2. The van der Waals surface area contributed by atoms with Gasteiger partial charge in [0, 0.05) is 17.5 Å². The fraction of sp³-hybridized carbons (Fsp3) is 0.514. The lowest BCUT2D eigenvalue weighted by molar-refractivity contribution is -0.131. The summed E-state index contributed by atoms with van der Waals surface area (Å²) >= 11 is 0. The average molecular weight is 631 g/mol. The number of carbonyl (C=O) groups excluding carboxylic acids is 1. The van der Waals surface area contributed by atoms with E-state index in [1.807, 2.05) is 29.2 Å². The number of benzene rings is 2. The molecule has 0 bridgehead atoms. The fourth-order valence-corrected chi connectivity index (χ4v) is 8.39. The Bertz CT molecular complexity index is 1750. The number of sulfonamides is 1. The number of aromatic nitrogens is 1. The van der Waals surface area contributed by atoms with E-state index in [9.17, 15) is 13.2 Å². The lowest BCUT2D eigenvalue weighted by Crippen LogP contribution is -2.41. The van der Waals surface area contributed by atoms with Crippen molar-refractivity contribution >= 4 is 27.6 Å². The number of nitrogens with one attached hydrogen (secondary N) is 1. The van der Waals surface area contributed by atoms with Crippen molar-refractivity contribution in [3.8, 4) is 11.1 Å². The Kier molecular flexibility index (Phi) is 7.84. The standard InChI is InChI=1S/C35H42N4O5S/c1-4-5-13-32-36-35(18-25-17-26(25)19-35)34(40)39(32)20-24-14-15-29(27(16-24)21-43-28-9-8-10-28)30-11-6-7-12-31(30)45(41,42)38-33-22(2)23(3)44-37-33/h6-7,11-12,14-16,25-26,28H,4-5,8-10,13,17-21H2,1-3H3,(H,37,38). The smallest absolute Gasteiger partial charge is 0.263 e. The maximum atomic E-state index is 13.9. The molecule has 2 atom stereocenters. The first-order valence-electron chi connectivity index (χ1n) is 16.4. The summed E-state index contributed by atoms with van der Waals surface area (Å²) < 4.78 is 41.5. The van der Waals surface area contributed by atoms with Crippen LogP contribution >= 0.6 is 0 Å². The number of hydrogen-bond donors (Lipinski definition) is 1. The minimum absolute atomic E-state index is 0.146. The van der Waals surface area contributed by atoms with Crippen molar-refractivity contribution in [2.75, 3.05) is 4.72 Å². The molecule has 1 aromatic heterocycles. The molecule has 2 unspecified atom stereocenters. The van der Waals surface area contributed by atoms with Crippen molar-refractivity contribution in [1.82, 2.24) is 10.1 Å². The third-order valence-electron chi connectivity index (χ3n) is 10.2. The van der Waals surface area contributed by atoms with Gasteiger partial charge in [-0.2, -0.15) is 0 Å². The molecule has 4 aliphatic rings. The molecule has 3 aliphatic carbocycles. The topological polar surface area (TPSA) is 114 Å². The zero-order valence-corrected chi connectivity index (χ0v) is 27.2. The summed E-state index contributed by atoms with van der Waals surface area (Å²) in [7, 11) is -3.99. The van der Waals surface area contributed by atoms with Gasteiger partial charge < -0.3 is 9.26 Å². The summed E-state index contributed by atoms with van der Waals surface area (Å²) in [6.07, 6.45) is 9.29. The molecule has 0 radical (unpaired) electrons. The number of fused-ring (bicyclic) bond motifs is 1. The minimum atomic E-state index is -3.99. The van der Waals surface area contributed by atoms with Crippen LogP contribution in [0.4, 0.5) is 5.82 Å². The van der Waals surface area contributed by atoms with Gasteiger partial charge in [-0.1, -0.05) is 54.9 Å². The van der Waals surface area contributed by atoms with Crippen molar-refractivity contribution in [2.24, 2.45) is 16.8 Å². The van der Waals surface area contributed by atoms with Crippen LogP contribution in [0.5, 0.6) is 0 Å². The first kappa shape index (κ1) is 30.2. The first-order valence-corrected chi connectivity index (χ1v) is 17.8. The Labute approximate surface area is 265 Å². The zero-order valence-electron chi connectivity index (χ0n) is 26.3. The Morgan fingerprint density at radius 3 is 2.56 bits per heavy atom. The summed E-state index contributed by atoms with van der Waals surface area (Å²) in [5.41, 5.74) is 3.32. The van der Waals surface area contributed by atoms with Crippen molar-refractivity contribution in [2.45, 2.75) is 108 Å². The number of carbonyl (C=O) groups is 1. The number of amidine groups is 1. The van der Waals surface area contributed by atoms with Crippen LogP contribution in [-0.4, -0.2) is 41.9 Å². The maximum absolute atomic E-state index is 13.9. The van der Waals surface area contributed by atoms with Crippen LogP contribution in [0.2, 0.25) is 0 Å². The molecular weight excluding hydrogens is 588 g/mol. The van der Waals surface area contributed by atoms with Crippen molar-refractivity contribution in [3.05, 3.63) is 64.9 Å². The molecule has 45 heavy (non-hydrogen) atoms. The molecule has 3 saturated carbocycles. The highest BCUT2D eigenvalue weighted by atomic mass is 32.2. The Balaban J connectivity index is 1.21. The lowest BCUT2D eigenvalue weighted by Gasteiger charge is -2.27. The lowest BCUT2D eigenvalue weighted by atomic mass is 9.93. The summed E-state index contributed by atoms with van der Waals surface area (Å²) in [5.74, 6) is 3.12. The van der Waals surface area contributed by atoms with Crippen LogP contribution in [0.3, 0.4) is 0 Å². The number of ether oxygens (including phenoxy) is 1. The SMILES string of the molecule is CCCCC1=NC2(CC3CC3C2)C(=O)N1Cc1ccc(-c2ccccc2S(=O)(=O)Nc2noc(C)c2C)c(COC2CCC2)c1. The summed E-state index contributed by atoms with van der Waals surface area (Å²) in [5, 5.41) is 3.91. The number of hydrogen-bond acceptors (Lipinski definition) is 7. The number of aryl methyl sites for hydroxylation is 1. The number of amides is 1. The van der Waals surface area contributed by atoms with E-state index >= 15 is 0 Å². The second kappa shape index (κ2) is 11.7. The van der Waals surface area contributed by atoms with Crippen LogP contribution in [0, 0.1) is 25.7 Å². The third kappa shape index (κ3) is 5.71. The van der Waals surface area contributed by atoms with Gasteiger partial charge in [0.1, 0.15) is 17.1 Å². The second-order valence-corrected chi connectivity index (χ2v) is 15.0. The molecule has 1 amide bonds. The van der Waals surface area contributed by atoms with Crippen LogP contribution < -0.4 is 4.72 Å². The Hall–Kier alpha value is -3.50. The van der Waals surface area contributed by atoms with Gasteiger partial charge in [0.25, 0.3) is 15.9 Å². The van der Waals surface area contributed by atoms with Crippen molar-refractivity contribution in [1.29, 1.82) is 0 Å². The predicted molar refractivity (Wildman–Crippen MR) is 172 cm³/mol. The van der Waals surface area contributed by atoms with Gasteiger partial charge in [-0.25, -0.2) is 8.42 Å². The highest BCUT2D eigenvalue weighted by molar-refractivity contribution is 7.92. The van der Waals surface area contributed by atoms with Gasteiger partial charge >= 0.3 is 0 Å². The second-order valence-electron chi connectivity index (χ2n) is 13.4. The van der Waals surface area contributed by atoms with E-state index < -0.39 is 15.6 Å². The summed E-state index contributed by atoms with van der Waals surface area (Å²) in [6, 6.07) is 13.1. The maximum Gasteiger partial charge on any atom is 0.263 e. The molecule has 1 aliphatic heterocycles. The molecule has 1 spiro atoms. The highest BCUT2D eigenvalue weighted by Gasteiger charge is 2.61. The number of aliphatic imine (C=N–C) groups is 1. The van der Waals surface area contributed by atoms with Gasteiger partial charge in [0.2, 0.25) is 0 Å². The van der Waals surface area contributed by atoms with Crippen LogP contribution in [0.15, 0.2) is 56.9 Å². The van der Waals surface area contributed by atoms with E-state index in [4.69, 9.17) is 14.3 Å². The summed E-state index contributed by atoms with van der Waals surface area (Å²) in [6.45, 7) is 6.48. The van der Waals surface area contributed by atoms with E-state index in [2.05, 4.69) is 22.9 Å². The fourth-order valence-electron chi connectivity index (χ4n) is 7.11. The average Bonchev–Trinajstić information content (AvgIpc) is 3.40. The van der Waals surface area contributed by atoms with Gasteiger partial charge in [0.05, 0.1) is 24.2 Å². The third-order valence-corrected chi connectivity index (χ3v) is 11.6. The number of nitrogens with zero attached hydrogens (tertiary/aromatic N) is 3. The highest BCUT2D eigenvalue weighted by Crippen LogP contribution is 2.59. The van der Waals surface area contributed by atoms with Crippen LogP contribution in [0.25, 0.3) is 11.1 Å². The van der Waals surface area contributed by atoms with E-state index in [1.54, 1.807) is 26.0 Å². The largest absolute Gasteiger partial charge is 0.374 e. The van der Waals surface area contributed by atoms with E-state index in [-0.39, 0.29) is 22.7 Å². The van der Waals surface area contributed by atoms with Crippen LogP contribution in [0.1, 0.15) is 87.2 Å². The minimum Gasteiger partial charge on any atom is -0.374 e. The van der Waals surface area contributed by atoms with Gasteiger partial charge in [-0.3, -0.25) is 19.4 Å². The van der Waals surface area contributed by atoms with Crippen LogP contribution in [-0.2, 0) is 32.7 Å². The van der Waals surface area contributed by atoms with E-state index in [1.165, 1.54) is 6.42 Å². The zero-order chi connectivity index (χ0) is 31.3. The monoisotopic (exact) mass is 630 g/mol. The van der Waals surface area contributed by atoms with E-state index in [0.29, 0.717) is 41.9 Å². The molecular formula is C35H42N4O5S. The molecule has 0 saturated heterocycles. The molecule has 2 aromatic carbocycles. The number of rotatable bonds is 12. The van der Waals surface area contributed by atoms with Crippen molar-refractivity contribution < 1.29 is 22.5 Å². The molecule has 9 nitrogen and oxygen atoms in total. The molecule has 1 N–H and O–H groups in total. The number of unbranched alkanes of at least 4 members (excludes halogenated alkanes) is 1. The molecule has 3 fully saturated rings. The first-order chi connectivity index (χ1) is 21.7. The molecule has 238 valence electrons. The molecule has 3 aromatic rings. The van der Waals surface area contributed by atoms with Gasteiger partial charge in [-0.15, -0.1) is 0 Å². The summed E-state index contributed by atoms with van der Waals surface area (Å²) in [4.78, 5) is 21.1. The Morgan fingerprint density at radius 2 is 1.87 bits per heavy atom. The Morgan fingerprint density at radius 1 is 1.09 bits per heavy atom. The number of anilines is 1. The van der Waals surface area contributed by atoms with Crippen molar-refractivity contribution in [3.63, 3.8) is 0 Å². The quantitative estimate of drug-likeness (QED) is 0.232. The molecule has 7 rings (SSSR count). The van der Waals surface area contributed by atoms with E-state index in [0.717, 1.165) is 73.9 Å². The predicted octanol–water partition coefficient (Wildman–Crippen LogP) is 6.93. The molecule has 2 heterocycles.